The molecule has 3 rings (SSSR count). The van der Waals surface area contributed by atoms with Gasteiger partial charge in [0.25, 0.3) is 0 Å². The number of benzene rings is 1. The number of amides is 2. The summed E-state index contributed by atoms with van der Waals surface area (Å²) in [5, 5.41) is 3.13. The molecule has 1 atom stereocenters. The second-order valence-corrected chi connectivity index (χ2v) is 7.57. The Hall–Kier alpha value is -2.18. The molecule has 2 aliphatic rings. The third-order valence-electron chi connectivity index (χ3n) is 5.67. The van der Waals surface area contributed by atoms with E-state index in [1.54, 1.807) is 7.05 Å². The van der Waals surface area contributed by atoms with Crippen LogP contribution in [0.25, 0.3) is 0 Å². The molecule has 6 heteroatoms. The molecular weight excluding hydrogens is 342 g/mol. The highest BCUT2D eigenvalue weighted by atomic mass is 16.5. The number of hydrogen-bond donors (Lipinski definition) is 1. The third kappa shape index (κ3) is 4.76. The highest BCUT2D eigenvalue weighted by Crippen LogP contribution is 2.39. The van der Waals surface area contributed by atoms with E-state index in [0.29, 0.717) is 0 Å². The summed E-state index contributed by atoms with van der Waals surface area (Å²) in [6, 6.07) is 10.5. The van der Waals surface area contributed by atoms with Crippen molar-refractivity contribution in [1.82, 2.24) is 15.1 Å². The van der Waals surface area contributed by atoms with Crippen LogP contribution in [0.15, 0.2) is 43.0 Å². The number of nitrogens with zero attached hydrogens (tertiary/aromatic N) is 2. The summed E-state index contributed by atoms with van der Waals surface area (Å²) in [5.41, 5.74) is 1.36. The molecule has 0 radical (unpaired) electrons. The minimum Gasteiger partial charge on any atom is -0.381 e. The standard InChI is InChI=1S/C21H29N3O3/c1-3-20(26)23(2)16-19(25)22-18-13-21(9-11-27-12-10-21)24(15-18)14-17-7-5-4-6-8-17/h3-8,18H,1,9-16H2,2H3,(H,22,25). The van der Waals surface area contributed by atoms with Gasteiger partial charge in [-0.15, -0.1) is 0 Å². The normalized spacial score (nSPS) is 21.7. The number of carbonyl (C=O) groups is 2. The van der Waals surface area contributed by atoms with E-state index >= 15 is 0 Å². The number of likely N-dealkylation sites (N-methyl/N-ethyl adjacent to an activating group) is 1. The Balaban J connectivity index is 1.65. The minimum absolute atomic E-state index is 0.0517. The summed E-state index contributed by atoms with van der Waals surface area (Å²) < 4.78 is 5.59. The van der Waals surface area contributed by atoms with Gasteiger partial charge in [-0.1, -0.05) is 36.9 Å². The molecule has 1 aromatic carbocycles. The van der Waals surface area contributed by atoms with E-state index < -0.39 is 0 Å². The average molecular weight is 371 g/mol. The van der Waals surface area contributed by atoms with Gasteiger partial charge in [0.2, 0.25) is 11.8 Å². The molecule has 1 unspecified atom stereocenters. The van der Waals surface area contributed by atoms with E-state index in [1.807, 2.05) is 6.07 Å². The lowest BCUT2D eigenvalue weighted by Crippen LogP contribution is -2.47. The lowest BCUT2D eigenvalue weighted by atomic mass is 9.86. The topological polar surface area (TPSA) is 61.9 Å². The molecule has 1 N–H and O–H groups in total. The summed E-state index contributed by atoms with van der Waals surface area (Å²) in [4.78, 5) is 27.9. The third-order valence-corrected chi connectivity index (χ3v) is 5.67. The molecule has 2 heterocycles. The Morgan fingerprint density at radius 1 is 1.33 bits per heavy atom. The highest BCUT2D eigenvalue weighted by Gasteiger charge is 2.46. The average Bonchev–Trinajstić information content (AvgIpc) is 2.98. The lowest BCUT2D eigenvalue weighted by molar-refractivity contribution is -0.131. The van der Waals surface area contributed by atoms with Crippen LogP contribution in [-0.4, -0.2) is 66.5 Å². The maximum atomic E-state index is 12.4. The lowest BCUT2D eigenvalue weighted by Gasteiger charge is -2.41. The first kappa shape index (κ1) is 19.6. The summed E-state index contributed by atoms with van der Waals surface area (Å²) >= 11 is 0. The molecule has 1 aromatic rings. The van der Waals surface area contributed by atoms with Crippen molar-refractivity contribution in [3.63, 3.8) is 0 Å². The van der Waals surface area contributed by atoms with Crippen LogP contribution >= 0.6 is 0 Å². The van der Waals surface area contributed by atoms with Crippen molar-refractivity contribution < 1.29 is 14.3 Å². The molecule has 146 valence electrons. The predicted octanol–water partition coefficient (Wildman–Crippen LogP) is 1.57. The second kappa shape index (κ2) is 8.67. The zero-order chi connectivity index (χ0) is 19.3. The van der Waals surface area contributed by atoms with Gasteiger partial charge >= 0.3 is 0 Å². The Kier molecular flexibility index (Phi) is 6.29. The van der Waals surface area contributed by atoms with Gasteiger partial charge in [-0.05, 0) is 30.9 Å². The predicted molar refractivity (Wildman–Crippen MR) is 104 cm³/mol. The van der Waals surface area contributed by atoms with Gasteiger partial charge in [0, 0.05) is 44.9 Å². The minimum atomic E-state index is -0.247. The summed E-state index contributed by atoms with van der Waals surface area (Å²) in [6.07, 6.45) is 4.12. The van der Waals surface area contributed by atoms with Gasteiger partial charge < -0.3 is 15.0 Å². The zero-order valence-electron chi connectivity index (χ0n) is 16.0. The van der Waals surface area contributed by atoms with E-state index in [4.69, 9.17) is 4.74 Å². The van der Waals surface area contributed by atoms with Crippen molar-refractivity contribution in [2.24, 2.45) is 0 Å². The second-order valence-electron chi connectivity index (χ2n) is 7.57. The molecule has 0 bridgehead atoms. The van der Waals surface area contributed by atoms with Crippen LogP contribution in [0.2, 0.25) is 0 Å². The molecule has 2 aliphatic heterocycles. The van der Waals surface area contributed by atoms with Crippen LogP contribution in [0.1, 0.15) is 24.8 Å². The summed E-state index contributed by atoms with van der Waals surface area (Å²) in [7, 11) is 1.61. The Bertz CT molecular complexity index is 671. The largest absolute Gasteiger partial charge is 0.381 e. The van der Waals surface area contributed by atoms with Crippen LogP contribution < -0.4 is 5.32 Å². The highest BCUT2D eigenvalue weighted by molar-refractivity contribution is 5.90. The van der Waals surface area contributed by atoms with E-state index in [2.05, 4.69) is 41.1 Å². The summed E-state index contributed by atoms with van der Waals surface area (Å²) in [5.74, 6) is -0.371. The first-order valence-electron chi connectivity index (χ1n) is 9.56. The molecule has 2 amide bonds. The van der Waals surface area contributed by atoms with Gasteiger partial charge in [0.1, 0.15) is 0 Å². The molecule has 0 saturated carbocycles. The molecule has 1 spiro atoms. The maximum absolute atomic E-state index is 12.4. The first-order valence-corrected chi connectivity index (χ1v) is 9.56. The van der Waals surface area contributed by atoms with Gasteiger partial charge in [-0.25, -0.2) is 0 Å². The monoisotopic (exact) mass is 371 g/mol. The van der Waals surface area contributed by atoms with Crippen LogP contribution in [0.5, 0.6) is 0 Å². The molecule has 27 heavy (non-hydrogen) atoms. The van der Waals surface area contributed by atoms with E-state index in [9.17, 15) is 9.59 Å². The number of carbonyl (C=O) groups excluding carboxylic acids is 2. The van der Waals surface area contributed by atoms with E-state index in [1.165, 1.54) is 16.5 Å². The Labute approximate surface area is 161 Å². The van der Waals surface area contributed by atoms with Crippen LogP contribution in [-0.2, 0) is 20.9 Å². The smallest absolute Gasteiger partial charge is 0.246 e. The van der Waals surface area contributed by atoms with Gasteiger partial charge in [-0.3, -0.25) is 14.5 Å². The van der Waals surface area contributed by atoms with Crippen molar-refractivity contribution in [3.05, 3.63) is 48.6 Å². The SMILES string of the molecule is C=CC(=O)N(C)CC(=O)NC1CN(Cc2ccccc2)C2(CCOCC2)C1. The van der Waals surface area contributed by atoms with Gasteiger partial charge in [0.15, 0.2) is 0 Å². The van der Waals surface area contributed by atoms with Crippen molar-refractivity contribution in [1.29, 1.82) is 0 Å². The van der Waals surface area contributed by atoms with Crippen molar-refractivity contribution in [3.8, 4) is 0 Å². The number of nitrogens with one attached hydrogen (secondary N) is 1. The fraction of sp³-hybridized carbons (Fsp3) is 0.524. The van der Waals surface area contributed by atoms with Crippen molar-refractivity contribution in [2.75, 3.05) is 33.4 Å². The number of rotatable bonds is 6. The Morgan fingerprint density at radius 3 is 2.70 bits per heavy atom. The molecular formula is C21H29N3O3. The zero-order valence-corrected chi connectivity index (χ0v) is 16.0. The van der Waals surface area contributed by atoms with Crippen LogP contribution in [0.4, 0.5) is 0 Å². The molecule has 6 nitrogen and oxygen atoms in total. The quantitative estimate of drug-likeness (QED) is 0.771. The molecule has 2 saturated heterocycles. The Morgan fingerprint density at radius 2 is 2.04 bits per heavy atom. The molecule has 0 aromatic heterocycles. The van der Waals surface area contributed by atoms with E-state index in [0.717, 1.165) is 45.6 Å². The molecule has 2 fully saturated rings. The van der Waals surface area contributed by atoms with Crippen molar-refractivity contribution >= 4 is 11.8 Å². The van der Waals surface area contributed by atoms with Gasteiger partial charge in [0.05, 0.1) is 6.54 Å². The summed E-state index contributed by atoms with van der Waals surface area (Å²) in [6.45, 7) is 6.74. The van der Waals surface area contributed by atoms with Crippen molar-refractivity contribution in [2.45, 2.75) is 37.4 Å². The number of hydrogen-bond acceptors (Lipinski definition) is 4. The number of likely N-dealkylation sites (tertiary alicyclic amines) is 1. The van der Waals surface area contributed by atoms with Crippen LogP contribution in [0.3, 0.4) is 0 Å². The fourth-order valence-electron chi connectivity index (χ4n) is 4.24. The first-order chi connectivity index (χ1) is 13.0. The fourth-order valence-corrected chi connectivity index (χ4v) is 4.24. The van der Waals surface area contributed by atoms with E-state index in [-0.39, 0.29) is 29.9 Å². The molecule has 0 aliphatic carbocycles. The number of ether oxygens (including phenoxy) is 1. The van der Waals surface area contributed by atoms with Crippen LogP contribution in [0, 0.1) is 0 Å². The maximum Gasteiger partial charge on any atom is 0.246 e. The van der Waals surface area contributed by atoms with Gasteiger partial charge in [-0.2, -0.15) is 0 Å².